The summed E-state index contributed by atoms with van der Waals surface area (Å²) in [6, 6.07) is 14.0. The molecule has 0 aliphatic heterocycles. The molecule has 2 aromatic rings. The molecular formula is C25H29FO2S. The summed E-state index contributed by atoms with van der Waals surface area (Å²) in [6.45, 7) is 8.91. The largest absolute Gasteiger partial charge is 0.219 e. The smallest absolute Gasteiger partial charge is 0.202 e. The van der Waals surface area contributed by atoms with E-state index in [9.17, 15) is 12.8 Å². The van der Waals surface area contributed by atoms with Gasteiger partial charge in [-0.1, -0.05) is 62.1 Å². The monoisotopic (exact) mass is 412 g/mol. The highest BCUT2D eigenvalue weighted by Crippen LogP contribution is 2.34. The number of fused-ring (bicyclic) bond motifs is 1. The van der Waals surface area contributed by atoms with Crippen molar-refractivity contribution in [2.24, 2.45) is 0 Å². The van der Waals surface area contributed by atoms with Crippen LogP contribution in [0.1, 0.15) is 55.4 Å². The average molecular weight is 413 g/mol. The average Bonchev–Trinajstić information content (AvgIpc) is 3.09. The third kappa shape index (κ3) is 5.54. The van der Waals surface area contributed by atoms with Crippen LogP contribution in [0.4, 0.5) is 4.39 Å². The lowest BCUT2D eigenvalue weighted by Crippen LogP contribution is -2.06. The van der Waals surface area contributed by atoms with E-state index in [0.717, 1.165) is 12.0 Å². The minimum Gasteiger partial charge on any atom is -0.219 e. The van der Waals surface area contributed by atoms with Gasteiger partial charge in [-0.05, 0) is 73.4 Å². The molecule has 0 radical (unpaired) electrons. The van der Waals surface area contributed by atoms with Crippen molar-refractivity contribution >= 4 is 9.84 Å². The number of allylic oxidation sites excluding steroid dienone is 4. The van der Waals surface area contributed by atoms with Crippen molar-refractivity contribution in [1.29, 1.82) is 0 Å². The van der Waals surface area contributed by atoms with Gasteiger partial charge in [0.1, 0.15) is 0 Å². The first-order valence-electron chi connectivity index (χ1n) is 9.80. The van der Waals surface area contributed by atoms with E-state index >= 15 is 0 Å². The minimum absolute atomic E-state index is 0.401. The first-order chi connectivity index (χ1) is 13.8. The molecular weight excluding hydrogens is 383 g/mol. The van der Waals surface area contributed by atoms with Crippen LogP contribution < -0.4 is 0 Å². The molecule has 0 fully saturated rings. The quantitative estimate of drug-likeness (QED) is 0.513. The minimum atomic E-state index is -3.40. The van der Waals surface area contributed by atoms with Gasteiger partial charge in [0, 0.05) is 4.91 Å². The molecule has 1 aliphatic carbocycles. The number of rotatable bonds is 5. The summed E-state index contributed by atoms with van der Waals surface area (Å²) >= 11 is 0. The molecule has 0 spiro atoms. The molecule has 29 heavy (non-hydrogen) atoms. The van der Waals surface area contributed by atoms with Gasteiger partial charge < -0.3 is 0 Å². The Morgan fingerprint density at radius 1 is 1.24 bits per heavy atom. The molecule has 3 rings (SSSR count). The first kappa shape index (κ1) is 22.8. The predicted octanol–water partition coefficient (Wildman–Crippen LogP) is 6.68. The molecule has 1 aliphatic rings. The van der Waals surface area contributed by atoms with E-state index < -0.39 is 9.84 Å². The second-order valence-corrected chi connectivity index (χ2v) is 9.30. The second kappa shape index (κ2) is 10.4. The summed E-state index contributed by atoms with van der Waals surface area (Å²) in [5.41, 5.74) is 4.92. The van der Waals surface area contributed by atoms with Crippen LogP contribution in [0.5, 0.6) is 0 Å². The summed E-state index contributed by atoms with van der Waals surface area (Å²) in [5.74, 6) is 0.638. The van der Waals surface area contributed by atoms with Crippen LogP contribution in [0.15, 0.2) is 83.4 Å². The van der Waals surface area contributed by atoms with Crippen molar-refractivity contribution in [3.63, 3.8) is 0 Å². The van der Waals surface area contributed by atoms with Gasteiger partial charge in [-0.25, -0.2) is 12.8 Å². The van der Waals surface area contributed by atoms with E-state index in [1.165, 1.54) is 35.3 Å². The Hall–Kier alpha value is -2.46. The SMILES string of the molecule is C/C=C(\C)S(=O)(=O)c1ccccc1Cc1ccc2c(c1)CCC2C.C=C/C=C/F. The van der Waals surface area contributed by atoms with Gasteiger partial charge in [0.2, 0.25) is 9.84 Å². The summed E-state index contributed by atoms with van der Waals surface area (Å²) in [4.78, 5) is 0.826. The maximum absolute atomic E-state index is 12.7. The zero-order valence-electron chi connectivity index (χ0n) is 17.4. The van der Waals surface area contributed by atoms with Crippen LogP contribution in [0.2, 0.25) is 0 Å². The van der Waals surface area contributed by atoms with Crippen molar-refractivity contribution in [2.45, 2.75) is 50.8 Å². The van der Waals surface area contributed by atoms with Crippen molar-refractivity contribution < 1.29 is 12.8 Å². The highest BCUT2D eigenvalue weighted by molar-refractivity contribution is 7.95. The molecule has 2 aromatic carbocycles. The predicted molar refractivity (Wildman–Crippen MR) is 119 cm³/mol. The normalized spacial score (nSPS) is 16.3. The molecule has 0 saturated carbocycles. The third-order valence-electron chi connectivity index (χ3n) is 5.28. The molecule has 0 heterocycles. The van der Waals surface area contributed by atoms with Gasteiger partial charge in [-0.15, -0.1) is 0 Å². The lowest BCUT2D eigenvalue weighted by Gasteiger charge is -2.12. The lowest BCUT2D eigenvalue weighted by molar-refractivity contribution is 0.601. The fourth-order valence-corrected chi connectivity index (χ4v) is 4.91. The second-order valence-electron chi connectivity index (χ2n) is 7.21. The van der Waals surface area contributed by atoms with Gasteiger partial charge >= 0.3 is 0 Å². The van der Waals surface area contributed by atoms with Crippen molar-refractivity contribution in [3.05, 3.63) is 101 Å². The number of aryl methyl sites for hydroxylation is 1. The molecule has 0 bridgehead atoms. The van der Waals surface area contributed by atoms with Gasteiger partial charge in [-0.2, -0.15) is 0 Å². The highest BCUT2D eigenvalue weighted by atomic mass is 32.2. The Morgan fingerprint density at radius 3 is 2.59 bits per heavy atom. The van der Waals surface area contributed by atoms with E-state index in [1.54, 1.807) is 32.1 Å². The molecule has 0 saturated heterocycles. The number of hydrogen-bond acceptors (Lipinski definition) is 2. The molecule has 4 heteroatoms. The maximum atomic E-state index is 12.7. The topological polar surface area (TPSA) is 34.1 Å². The van der Waals surface area contributed by atoms with Gasteiger partial charge in [-0.3, -0.25) is 0 Å². The van der Waals surface area contributed by atoms with Crippen molar-refractivity contribution in [2.75, 3.05) is 0 Å². The van der Waals surface area contributed by atoms with Crippen LogP contribution in [-0.4, -0.2) is 8.42 Å². The van der Waals surface area contributed by atoms with E-state index in [4.69, 9.17) is 0 Å². The number of halogens is 1. The van der Waals surface area contributed by atoms with E-state index in [1.807, 2.05) is 12.1 Å². The lowest BCUT2D eigenvalue weighted by atomic mass is 9.98. The van der Waals surface area contributed by atoms with E-state index in [-0.39, 0.29) is 0 Å². The van der Waals surface area contributed by atoms with Crippen molar-refractivity contribution in [1.82, 2.24) is 0 Å². The first-order valence-corrected chi connectivity index (χ1v) is 11.3. The van der Waals surface area contributed by atoms with Crippen LogP contribution in [0, 0.1) is 0 Å². The van der Waals surface area contributed by atoms with Crippen LogP contribution in [0.25, 0.3) is 0 Å². The fraction of sp³-hybridized carbons (Fsp3) is 0.280. The molecule has 1 unspecified atom stereocenters. The standard InChI is InChI=1S/C21H24O2S.C4H5F/c1-4-16(3)24(22,23)21-8-6-5-7-19(21)14-17-10-12-20-15(2)9-11-18(20)13-17;1-2-3-4-5/h4-8,10,12-13,15H,9,11,14H2,1-3H3;2-4H,1H2/b16-4+;4-3+. The fourth-order valence-electron chi connectivity index (χ4n) is 3.51. The summed E-state index contributed by atoms with van der Waals surface area (Å²) in [7, 11) is -3.40. The van der Waals surface area contributed by atoms with Crippen LogP contribution >= 0.6 is 0 Å². The van der Waals surface area contributed by atoms with Gasteiger partial charge in [0.25, 0.3) is 0 Å². The molecule has 2 nitrogen and oxygen atoms in total. The Bertz CT molecular complexity index is 1020. The number of hydrogen-bond donors (Lipinski definition) is 0. The molecule has 1 atom stereocenters. The van der Waals surface area contributed by atoms with E-state index in [2.05, 4.69) is 31.7 Å². The van der Waals surface area contributed by atoms with E-state index in [0.29, 0.717) is 28.5 Å². The summed E-state index contributed by atoms with van der Waals surface area (Å²) in [6.07, 6.45) is 7.68. The third-order valence-corrected chi connectivity index (χ3v) is 7.34. The van der Waals surface area contributed by atoms with Crippen LogP contribution in [0.3, 0.4) is 0 Å². The number of sulfone groups is 1. The van der Waals surface area contributed by atoms with Gasteiger partial charge in [0.05, 0.1) is 11.2 Å². The molecule has 0 amide bonds. The maximum Gasteiger partial charge on any atom is 0.202 e. The van der Waals surface area contributed by atoms with Crippen molar-refractivity contribution in [3.8, 4) is 0 Å². The summed E-state index contributed by atoms with van der Waals surface area (Å²) in [5, 5.41) is 0. The Morgan fingerprint density at radius 2 is 1.97 bits per heavy atom. The Labute approximate surface area is 174 Å². The van der Waals surface area contributed by atoms with Gasteiger partial charge in [0.15, 0.2) is 0 Å². The Balaban J connectivity index is 0.000000537. The molecule has 0 aromatic heterocycles. The zero-order chi connectivity index (χ0) is 21.4. The highest BCUT2D eigenvalue weighted by Gasteiger charge is 2.21. The zero-order valence-corrected chi connectivity index (χ0v) is 18.2. The Kier molecular flexibility index (Phi) is 8.15. The summed E-state index contributed by atoms with van der Waals surface area (Å²) < 4.78 is 36.2. The number of benzene rings is 2. The van der Waals surface area contributed by atoms with Crippen LogP contribution in [-0.2, 0) is 22.7 Å². The molecule has 154 valence electrons. The molecule has 0 N–H and O–H groups in total.